The first-order valence-corrected chi connectivity index (χ1v) is 10.1. The van der Waals surface area contributed by atoms with Gasteiger partial charge in [0.1, 0.15) is 22.8 Å². The number of ketones is 1. The molecule has 0 aliphatic carbocycles. The van der Waals surface area contributed by atoms with Crippen LogP contribution in [0.3, 0.4) is 0 Å². The number of carbonyl (C=O) groups excluding carboxylic acids is 1. The van der Waals surface area contributed by atoms with Crippen LogP contribution < -0.4 is 4.74 Å². The third kappa shape index (κ3) is 4.63. The Kier molecular flexibility index (Phi) is 6.32. The molecule has 5 N–H and O–H groups in total. The second kappa shape index (κ2) is 8.80. The van der Waals surface area contributed by atoms with Crippen LogP contribution >= 0.6 is 0 Å². The van der Waals surface area contributed by atoms with Gasteiger partial charge in [-0.15, -0.1) is 0 Å². The predicted molar refractivity (Wildman–Crippen MR) is 121 cm³/mol. The number of allylic oxidation sites excluding steroid dienone is 1. The molecular weight excluding hydrogens is 412 g/mol. The number of fused-ring (bicyclic) bond motifs is 1. The molecule has 2 aromatic rings. The molecule has 1 heterocycles. The first kappa shape index (κ1) is 23.0. The fourth-order valence-corrected chi connectivity index (χ4v) is 3.40. The average Bonchev–Trinajstić information content (AvgIpc) is 2.74. The molecule has 0 amide bonds. The molecule has 0 bridgehead atoms. The van der Waals surface area contributed by atoms with Crippen LogP contribution in [0.2, 0.25) is 0 Å². The van der Waals surface area contributed by atoms with Crippen LogP contribution in [0.5, 0.6) is 28.7 Å². The molecule has 0 saturated carbocycles. The van der Waals surface area contributed by atoms with E-state index in [0.717, 1.165) is 12.1 Å². The van der Waals surface area contributed by atoms with Gasteiger partial charge in [0.25, 0.3) is 0 Å². The number of phenolic OH excluding ortho intramolecular Hbond substituents is 4. The van der Waals surface area contributed by atoms with Crippen LogP contribution in [0.1, 0.15) is 48.2 Å². The third-order valence-corrected chi connectivity index (χ3v) is 5.42. The molecule has 32 heavy (non-hydrogen) atoms. The molecular formula is C25H26O7. The maximum absolute atomic E-state index is 12.6. The van der Waals surface area contributed by atoms with Crippen molar-refractivity contribution in [2.75, 3.05) is 0 Å². The van der Waals surface area contributed by atoms with E-state index < -0.39 is 17.5 Å². The number of aromatic hydroxyl groups is 4. The number of phenols is 4. The lowest BCUT2D eigenvalue weighted by Crippen LogP contribution is -2.33. The van der Waals surface area contributed by atoms with Crippen LogP contribution in [-0.2, 0) is 0 Å². The van der Waals surface area contributed by atoms with Gasteiger partial charge >= 0.3 is 0 Å². The highest BCUT2D eigenvalue weighted by Gasteiger charge is 2.32. The van der Waals surface area contributed by atoms with E-state index in [4.69, 9.17) is 4.74 Å². The molecule has 0 spiro atoms. The van der Waals surface area contributed by atoms with Crippen LogP contribution in [0.15, 0.2) is 48.6 Å². The number of ether oxygens (including phenoxy) is 1. The summed E-state index contributed by atoms with van der Waals surface area (Å²) in [5.41, 5.74) is -0.144. The monoisotopic (exact) mass is 438 g/mol. The number of aliphatic hydroxyl groups is 1. The van der Waals surface area contributed by atoms with Crippen molar-refractivity contribution in [3.63, 3.8) is 0 Å². The summed E-state index contributed by atoms with van der Waals surface area (Å²) in [4.78, 5) is 12.6. The number of rotatable bonds is 7. The summed E-state index contributed by atoms with van der Waals surface area (Å²) in [6.45, 7) is 7.25. The standard InChI is InChI=1S/C25H26O7/c1-14(2)18(26)10-12-25(3)11-9-16-23(31)17(13-22(30)24(16)32-25)21(29)8-7-15-19(27)5-4-6-20(15)28/h4-9,11,13,18,26-28,30-31H,1,10,12H2,2-3H3/b8-7+. The Bertz CT molecular complexity index is 1110. The highest BCUT2D eigenvalue weighted by atomic mass is 16.5. The van der Waals surface area contributed by atoms with Gasteiger partial charge in [-0.2, -0.15) is 0 Å². The minimum atomic E-state index is -0.832. The number of hydrogen-bond donors (Lipinski definition) is 5. The fraction of sp³-hybridized carbons (Fsp3) is 0.240. The molecule has 0 saturated heterocycles. The van der Waals surface area contributed by atoms with E-state index in [9.17, 15) is 30.3 Å². The summed E-state index contributed by atoms with van der Waals surface area (Å²) in [7, 11) is 0. The van der Waals surface area contributed by atoms with Crippen LogP contribution in [0, 0.1) is 0 Å². The molecule has 0 fully saturated rings. The molecule has 2 atom stereocenters. The first-order valence-electron chi connectivity index (χ1n) is 10.1. The van der Waals surface area contributed by atoms with E-state index in [0.29, 0.717) is 18.4 Å². The molecule has 0 aromatic heterocycles. The highest BCUT2D eigenvalue weighted by molar-refractivity contribution is 6.10. The maximum atomic E-state index is 12.6. The lowest BCUT2D eigenvalue weighted by Gasteiger charge is -2.33. The van der Waals surface area contributed by atoms with Crippen LogP contribution in [-0.4, -0.2) is 43.0 Å². The van der Waals surface area contributed by atoms with Crippen molar-refractivity contribution in [3.8, 4) is 28.7 Å². The van der Waals surface area contributed by atoms with Crippen LogP contribution in [0.4, 0.5) is 0 Å². The molecule has 7 heteroatoms. The summed E-state index contributed by atoms with van der Waals surface area (Å²) >= 11 is 0. The smallest absolute Gasteiger partial charge is 0.189 e. The first-order chi connectivity index (χ1) is 15.0. The van der Waals surface area contributed by atoms with E-state index in [2.05, 4.69) is 6.58 Å². The minimum Gasteiger partial charge on any atom is -0.507 e. The zero-order valence-electron chi connectivity index (χ0n) is 17.9. The molecule has 0 radical (unpaired) electrons. The molecule has 1 aliphatic heterocycles. The number of hydrogen-bond acceptors (Lipinski definition) is 7. The summed E-state index contributed by atoms with van der Waals surface area (Å²) in [5.74, 6) is -1.71. The van der Waals surface area contributed by atoms with Crippen molar-refractivity contribution in [1.29, 1.82) is 0 Å². The second-order valence-corrected chi connectivity index (χ2v) is 8.09. The summed E-state index contributed by atoms with van der Waals surface area (Å²) in [6, 6.07) is 5.28. The van der Waals surface area contributed by atoms with Gasteiger partial charge in [0.2, 0.25) is 0 Å². The SMILES string of the molecule is C=C(C)C(O)CCC1(C)C=Cc2c(O)c(C(=O)/C=C/c3c(O)cccc3O)cc(O)c2O1. The van der Waals surface area contributed by atoms with Gasteiger partial charge in [-0.05, 0) is 69.2 Å². The van der Waals surface area contributed by atoms with E-state index in [-0.39, 0.29) is 45.4 Å². The Hall–Kier alpha value is -3.71. The lowest BCUT2D eigenvalue weighted by atomic mass is 9.91. The molecule has 2 unspecified atom stereocenters. The van der Waals surface area contributed by atoms with Gasteiger partial charge in [0.15, 0.2) is 17.3 Å². The summed E-state index contributed by atoms with van der Waals surface area (Å²) < 4.78 is 5.92. The van der Waals surface area contributed by atoms with E-state index >= 15 is 0 Å². The largest absolute Gasteiger partial charge is 0.507 e. The second-order valence-electron chi connectivity index (χ2n) is 8.09. The molecule has 7 nitrogen and oxygen atoms in total. The van der Waals surface area contributed by atoms with E-state index in [1.807, 2.05) is 0 Å². The molecule has 3 rings (SSSR count). The number of benzene rings is 2. The average molecular weight is 438 g/mol. The molecule has 1 aliphatic rings. The van der Waals surface area contributed by atoms with Gasteiger partial charge in [-0.25, -0.2) is 0 Å². The van der Waals surface area contributed by atoms with Crippen molar-refractivity contribution in [2.24, 2.45) is 0 Å². The quantitative estimate of drug-likeness (QED) is 0.189. The van der Waals surface area contributed by atoms with Crippen molar-refractivity contribution < 1.29 is 35.1 Å². The van der Waals surface area contributed by atoms with Crippen LogP contribution in [0.25, 0.3) is 12.2 Å². The fourth-order valence-electron chi connectivity index (χ4n) is 3.40. The van der Waals surface area contributed by atoms with Gasteiger partial charge in [0, 0.05) is 0 Å². The maximum Gasteiger partial charge on any atom is 0.189 e. The summed E-state index contributed by atoms with van der Waals surface area (Å²) in [6.07, 6.45) is 5.72. The van der Waals surface area contributed by atoms with Crippen molar-refractivity contribution >= 4 is 17.9 Å². The predicted octanol–water partition coefficient (Wildman–Crippen LogP) is 4.29. The Balaban J connectivity index is 1.87. The number of carbonyl (C=O) groups is 1. The topological polar surface area (TPSA) is 127 Å². The molecule has 168 valence electrons. The third-order valence-electron chi connectivity index (χ3n) is 5.42. The van der Waals surface area contributed by atoms with Crippen molar-refractivity contribution in [2.45, 2.75) is 38.4 Å². The van der Waals surface area contributed by atoms with Crippen molar-refractivity contribution in [1.82, 2.24) is 0 Å². The van der Waals surface area contributed by atoms with E-state index in [1.165, 1.54) is 24.3 Å². The van der Waals surface area contributed by atoms with Gasteiger partial charge in [-0.1, -0.05) is 18.2 Å². The normalized spacial score (nSPS) is 18.2. The summed E-state index contributed by atoms with van der Waals surface area (Å²) in [5, 5.41) is 50.8. The lowest BCUT2D eigenvalue weighted by molar-refractivity contribution is 0.0974. The Morgan fingerprint density at radius 3 is 2.47 bits per heavy atom. The zero-order valence-corrected chi connectivity index (χ0v) is 17.9. The van der Waals surface area contributed by atoms with Gasteiger partial charge in [-0.3, -0.25) is 4.79 Å². The molecule has 2 aromatic carbocycles. The van der Waals surface area contributed by atoms with Gasteiger partial charge in [0.05, 0.1) is 22.8 Å². The zero-order chi connectivity index (χ0) is 23.6. The Morgan fingerprint density at radius 2 is 1.84 bits per heavy atom. The number of aliphatic hydroxyl groups excluding tert-OH is 1. The van der Waals surface area contributed by atoms with E-state index in [1.54, 1.807) is 26.0 Å². The highest BCUT2D eigenvalue weighted by Crippen LogP contribution is 2.46. The Labute approximate surface area is 185 Å². The van der Waals surface area contributed by atoms with Gasteiger partial charge < -0.3 is 30.3 Å². The van der Waals surface area contributed by atoms with Crippen molar-refractivity contribution in [3.05, 3.63) is 65.3 Å². The minimum absolute atomic E-state index is 0.0381. The Morgan fingerprint density at radius 1 is 1.19 bits per heavy atom.